The molecule has 0 aromatic carbocycles. The summed E-state index contributed by atoms with van der Waals surface area (Å²) in [6.07, 6.45) is 8.51. The standard InChI is InChI=1S/C13H26N2/c1-12(13-6-7-13)14-8-2-3-9-15-10-4-5-11-15/h12-14H,2-11H2,1H3. The van der Waals surface area contributed by atoms with Gasteiger partial charge < -0.3 is 10.2 Å². The van der Waals surface area contributed by atoms with Crippen molar-refractivity contribution in [3.63, 3.8) is 0 Å². The fraction of sp³-hybridized carbons (Fsp3) is 1.00. The monoisotopic (exact) mass is 210 g/mol. The van der Waals surface area contributed by atoms with Crippen LogP contribution in [0.15, 0.2) is 0 Å². The average molecular weight is 210 g/mol. The molecule has 1 saturated carbocycles. The topological polar surface area (TPSA) is 15.3 Å². The summed E-state index contributed by atoms with van der Waals surface area (Å²) >= 11 is 0. The second-order valence-corrected chi connectivity index (χ2v) is 5.34. The Hall–Kier alpha value is -0.0800. The first-order chi connectivity index (χ1) is 7.36. The molecule has 0 spiro atoms. The van der Waals surface area contributed by atoms with Crippen LogP contribution in [0.4, 0.5) is 0 Å². The van der Waals surface area contributed by atoms with Gasteiger partial charge in [-0.1, -0.05) is 0 Å². The van der Waals surface area contributed by atoms with Gasteiger partial charge in [0.2, 0.25) is 0 Å². The van der Waals surface area contributed by atoms with Crippen molar-refractivity contribution in [1.82, 2.24) is 10.2 Å². The summed E-state index contributed by atoms with van der Waals surface area (Å²) in [4.78, 5) is 2.62. The molecule has 2 fully saturated rings. The zero-order valence-corrected chi connectivity index (χ0v) is 10.2. The third-order valence-electron chi connectivity index (χ3n) is 3.90. The molecule has 1 atom stereocenters. The lowest BCUT2D eigenvalue weighted by Crippen LogP contribution is -2.29. The molecule has 15 heavy (non-hydrogen) atoms. The molecule has 1 heterocycles. The van der Waals surface area contributed by atoms with Crippen molar-refractivity contribution >= 4 is 0 Å². The Bertz CT molecular complexity index is 167. The van der Waals surface area contributed by atoms with Gasteiger partial charge in [0.15, 0.2) is 0 Å². The van der Waals surface area contributed by atoms with Gasteiger partial charge >= 0.3 is 0 Å². The van der Waals surface area contributed by atoms with Crippen LogP contribution >= 0.6 is 0 Å². The molecule has 1 N–H and O–H groups in total. The summed E-state index contributed by atoms with van der Waals surface area (Å²) in [5, 5.41) is 3.65. The summed E-state index contributed by atoms with van der Waals surface area (Å²) in [5.74, 6) is 1.00. The molecule has 2 rings (SSSR count). The molecule has 1 unspecified atom stereocenters. The molecule has 0 radical (unpaired) electrons. The summed E-state index contributed by atoms with van der Waals surface area (Å²) in [6.45, 7) is 7.61. The predicted molar refractivity (Wildman–Crippen MR) is 65.1 cm³/mol. The molecule has 2 nitrogen and oxygen atoms in total. The summed E-state index contributed by atoms with van der Waals surface area (Å²) in [6, 6.07) is 0.775. The third kappa shape index (κ3) is 4.12. The van der Waals surface area contributed by atoms with Crippen LogP contribution in [-0.4, -0.2) is 37.1 Å². The maximum atomic E-state index is 3.65. The van der Waals surface area contributed by atoms with E-state index in [1.165, 1.54) is 64.7 Å². The van der Waals surface area contributed by atoms with Crippen LogP contribution in [0.1, 0.15) is 45.4 Å². The molecular weight excluding hydrogens is 184 g/mol. The van der Waals surface area contributed by atoms with Crippen molar-refractivity contribution in [2.45, 2.75) is 51.5 Å². The molecule has 2 heteroatoms. The quantitative estimate of drug-likeness (QED) is 0.648. The Labute approximate surface area is 94.4 Å². The zero-order chi connectivity index (χ0) is 10.5. The zero-order valence-electron chi connectivity index (χ0n) is 10.2. The minimum Gasteiger partial charge on any atom is -0.314 e. The smallest absolute Gasteiger partial charge is 0.00669 e. The van der Waals surface area contributed by atoms with Gasteiger partial charge in [-0.25, -0.2) is 0 Å². The Morgan fingerprint density at radius 1 is 1.20 bits per heavy atom. The lowest BCUT2D eigenvalue weighted by atomic mass is 10.2. The largest absolute Gasteiger partial charge is 0.314 e. The average Bonchev–Trinajstić information content (AvgIpc) is 2.97. The first-order valence-electron chi connectivity index (χ1n) is 6.82. The highest BCUT2D eigenvalue weighted by atomic mass is 15.1. The van der Waals surface area contributed by atoms with E-state index < -0.39 is 0 Å². The fourth-order valence-electron chi connectivity index (χ4n) is 2.56. The SMILES string of the molecule is CC(NCCCCN1CCCC1)C1CC1. The van der Waals surface area contributed by atoms with Crippen molar-refractivity contribution < 1.29 is 0 Å². The number of rotatable bonds is 7. The van der Waals surface area contributed by atoms with Gasteiger partial charge in [0.25, 0.3) is 0 Å². The molecule has 1 aliphatic heterocycles. The van der Waals surface area contributed by atoms with Crippen LogP contribution in [0, 0.1) is 5.92 Å². The van der Waals surface area contributed by atoms with E-state index in [4.69, 9.17) is 0 Å². The van der Waals surface area contributed by atoms with Gasteiger partial charge in [-0.2, -0.15) is 0 Å². The van der Waals surface area contributed by atoms with Gasteiger partial charge in [-0.15, -0.1) is 0 Å². The van der Waals surface area contributed by atoms with Gasteiger partial charge in [0, 0.05) is 6.04 Å². The third-order valence-corrected chi connectivity index (χ3v) is 3.90. The van der Waals surface area contributed by atoms with Gasteiger partial charge in [-0.3, -0.25) is 0 Å². The first-order valence-corrected chi connectivity index (χ1v) is 6.82. The number of unbranched alkanes of at least 4 members (excludes halogenated alkanes) is 1. The van der Waals surface area contributed by atoms with E-state index in [1.807, 2.05) is 0 Å². The maximum absolute atomic E-state index is 3.65. The fourth-order valence-corrected chi connectivity index (χ4v) is 2.56. The molecule has 0 aromatic heterocycles. The van der Waals surface area contributed by atoms with Crippen LogP contribution in [0.5, 0.6) is 0 Å². The Morgan fingerprint density at radius 2 is 1.93 bits per heavy atom. The number of hydrogen-bond acceptors (Lipinski definition) is 2. The van der Waals surface area contributed by atoms with Crippen LogP contribution in [0.3, 0.4) is 0 Å². The van der Waals surface area contributed by atoms with E-state index in [0.29, 0.717) is 0 Å². The second kappa shape index (κ2) is 5.86. The molecule has 2 aliphatic rings. The van der Waals surface area contributed by atoms with Crippen molar-refractivity contribution in [3.05, 3.63) is 0 Å². The van der Waals surface area contributed by atoms with E-state index >= 15 is 0 Å². The lowest BCUT2D eigenvalue weighted by molar-refractivity contribution is 0.327. The number of hydrogen-bond donors (Lipinski definition) is 1. The van der Waals surface area contributed by atoms with Crippen LogP contribution in [0.2, 0.25) is 0 Å². The minimum atomic E-state index is 0.775. The minimum absolute atomic E-state index is 0.775. The van der Waals surface area contributed by atoms with Crippen molar-refractivity contribution in [2.75, 3.05) is 26.2 Å². The van der Waals surface area contributed by atoms with E-state index in [-0.39, 0.29) is 0 Å². The lowest BCUT2D eigenvalue weighted by Gasteiger charge is -2.15. The first kappa shape index (κ1) is 11.4. The van der Waals surface area contributed by atoms with E-state index in [0.717, 1.165) is 12.0 Å². The molecule has 0 aromatic rings. The van der Waals surface area contributed by atoms with E-state index in [9.17, 15) is 0 Å². The van der Waals surface area contributed by atoms with Crippen molar-refractivity contribution in [1.29, 1.82) is 0 Å². The van der Waals surface area contributed by atoms with E-state index in [2.05, 4.69) is 17.1 Å². The molecular formula is C13H26N2. The maximum Gasteiger partial charge on any atom is 0.00669 e. The normalized spacial score (nSPS) is 24.6. The molecule has 1 aliphatic carbocycles. The Morgan fingerprint density at radius 3 is 2.60 bits per heavy atom. The van der Waals surface area contributed by atoms with Gasteiger partial charge in [0.1, 0.15) is 0 Å². The Kier molecular flexibility index (Phi) is 4.45. The number of likely N-dealkylation sites (tertiary alicyclic amines) is 1. The molecule has 88 valence electrons. The Balaban J connectivity index is 1.41. The predicted octanol–water partition coefficient (Wildman–Crippen LogP) is 2.25. The van der Waals surface area contributed by atoms with Crippen molar-refractivity contribution in [3.8, 4) is 0 Å². The van der Waals surface area contributed by atoms with Gasteiger partial charge in [-0.05, 0) is 77.5 Å². The van der Waals surface area contributed by atoms with Crippen LogP contribution < -0.4 is 5.32 Å². The highest BCUT2D eigenvalue weighted by molar-refractivity contribution is 4.83. The van der Waals surface area contributed by atoms with E-state index in [1.54, 1.807) is 0 Å². The highest BCUT2D eigenvalue weighted by Gasteiger charge is 2.27. The second-order valence-electron chi connectivity index (χ2n) is 5.34. The number of nitrogens with zero attached hydrogens (tertiary/aromatic N) is 1. The van der Waals surface area contributed by atoms with Crippen LogP contribution in [0.25, 0.3) is 0 Å². The molecule has 0 bridgehead atoms. The number of nitrogens with one attached hydrogen (secondary N) is 1. The van der Waals surface area contributed by atoms with Gasteiger partial charge in [0.05, 0.1) is 0 Å². The van der Waals surface area contributed by atoms with Crippen LogP contribution in [-0.2, 0) is 0 Å². The highest BCUT2D eigenvalue weighted by Crippen LogP contribution is 2.32. The molecule has 0 amide bonds. The summed E-state index contributed by atoms with van der Waals surface area (Å²) in [7, 11) is 0. The summed E-state index contributed by atoms with van der Waals surface area (Å²) < 4.78 is 0. The summed E-state index contributed by atoms with van der Waals surface area (Å²) in [5.41, 5.74) is 0. The molecule has 1 saturated heterocycles. The van der Waals surface area contributed by atoms with Crippen molar-refractivity contribution in [2.24, 2.45) is 5.92 Å².